The Morgan fingerprint density at radius 1 is 0.977 bits per heavy atom. The van der Waals surface area contributed by atoms with E-state index in [0.29, 0.717) is 49.0 Å². The molecule has 2 heterocycles. The molecule has 0 saturated carbocycles. The number of amides is 1. The van der Waals surface area contributed by atoms with Gasteiger partial charge in [0.1, 0.15) is 5.75 Å². The number of benzene rings is 3. The molecule has 0 aliphatic rings. The summed E-state index contributed by atoms with van der Waals surface area (Å²) in [6.45, 7) is 1.90. The van der Waals surface area contributed by atoms with Crippen LogP contribution in [-0.2, 0) is 4.79 Å². The Labute approximate surface area is 259 Å². The van der Waals surface area contributed by atoms with E-state index in [2.05, 4.69) is 15.0 Å². The van der Waals surface area contributed by atoms with Gasteiger partial charge in [-0.15, -0.1) is 13.2 Å². The summed E-state index contributed by atoms with van der Waals surface area (Å²) >= 11 is 12.5. The number of carboxylic acid groups (broad SMARTS) is 1. The number of halogens is 5. The highest BCUT2D eigenvalue weighted by atomic mass is 35.5. The quantitative estimate of drug-likeness (QED) is 0.170. The smallest absolute Gasteiger partial charge is 0.481 e. The number of hydrogen-bond acceptors (Lipinski definition) is 5. The van der Waals surface area contributed by atoms with Crippen LogP contribution in [0.2, 0.25) is 10.0 Å². The van der Waals surface area contributed by atoms with E-state index in [0.717, 1.165) is 5.56 Å². The van der Waals surface area contributed by atoms with Gasteiger partial charge in [-0.05, 0) is 73.2 Å². The number of carbonyl (C=O) groups excluding carboxylic acids is 1. The maximum atomic E-state index is 12.9. The van der Waals surface area contributed by atoms with Crippen LogP contribution in [0.25, 0.3) is 33.4 Å². The van der Waals surface area contributed by atoms with Gasteiger partial charge in [-0.25, -0.2) is 0 Å². The maximum Gasteiger partial charge on any atom is 0.573 e. The van der Waals surface area contributed by atoms with Crippen LogP contribution < -0.4 is 10.1 Å². The molecule has 2 aromatic heterocycles. The van der Waals surface area contributed by atoms with Crippen LogP contribution in [0, 0.1) is 0 Å². The van der Waals surface area contributed by atoms with Gasteiger partial charge in [0.25, 0.3) is 5.91 Å². The van der Waals surface area contributed by atoms with Crippen LogP contribution in [-0.4, -0.2) is 44.7 Å². The fraction of sp³-hybridized carbons (Fsp3) is 0.161. The van der Waals surface area contributed by atoms with E-state index < -0.39 is 18.2 Å². The van der Waals surface area contributed by atoms with Crippen molar-refractivity contribution in [1.29, 1.82) is 0 Å². The first kappa shape index (κ1) is 30.8. The number of carbonyl (C=O) groups is 2. The average Bonchev–Trinajstić information content (AvgIpc) is 3.41. The molecule has 5 rings (SSSR count). The van der Waals surface area contributed by atoms with Crippen molar-refractivity contribution in [1.82, 2.24) is 20.1 Å². The third-order valence-electron chi connectivity index (χ3n) is 6.72. The molecule has 0 aliphatic carbocycles. The summed E-state index contributed by atoms with van der Waals surface area (Å²) in [5.74, 6) is -1.78. The number of aromatic nitrogens is 3. The molecule has 0 bridgehead atoms. The van der Waals surface area contributed by atoms with Crippen LogP contribution in [0.3, 0.4) is 0 Å². The number of fused-ring (bicyclic) bond motifs is 1. The number of nitrogens with zero attached hydrogens (tertiary/aromatic N) is 3. The number of aliphatic carboxylic acids is 1. The summed E-state index contributed by atoms with van der Waals surface area (Å²) in [5.41, 5.74) is 4.00. The van der Waals surface area contributed by atoms with Crippen molar-refractivity contribution >= 4 is 46.0 Å². The maximum absolute atomic E-state index is 12.9. The molecule has 0 aliphatic heterocycles. The Balaban J connectivity index is 1.54. The highest BCUT2D eigenvalue weighted by molar-refractivity contribution is 6.35. The third kappa shape index (κ3) is 7.29. The number of alkyl halides is 3. The normalized spacial score (nSPS) is 12.2. The second-order valence-corrected chi connectivity index (χ2v) is 10.7. The largest absolute Gasteiger partial charge is 0.573 e. The number of ether oxygens (including phenoxy) is 1. The third-order valence-corrected chi connectivity index (χ3v) is 7.16. The molecule has 226 valence electrons. The van der Waals surface area contributed by atoms with Gasteiger partial charge >= 0.3 is 12.3 Å². The zero-order chi connectivity index (χ0) is 31.6. The lowest BCUT2D eigenvalue weighted by atomic mass is 10.0. The van der Waals surface area contributed by atoms with Crippen LogP contribution >= 0.6 is 23.2 Å². The molecule has 2 N–H and O–H groups in total. The molecule has 1 unspecified atom stereocenters. The van der Waals surface area contributed by atoms with Gasteiger partial charge < -0.3 is 15.2 Å². The predicted octanol–water partition coefficient (Wildman–Crippen LogP) is 7.78. The van der Waals surface area contributed by atoms with Crippen molar-refractivity contribution < 1.29 is 32.6 Å². The number of rotatable bonds is 9. The number of pyridine rings is 1. The van der Waals surface area contributed by atoms with E-state index in [9.17, 15) is 22.8 Å². The zero-order valence-electron chi connectivity index (χ0n) is 22.9. The van der Waals surface area contributed by atoms with Crippen molar-refractivity contribution in [2.75, 3.05) is 6.54 Å². The van der Waals surface area contributed by atoms with E-state index in [4.69, 9.17) is 33.4 Å². The topological polar surface area (TPSA) is 106 Å². The van der Waals surface area contributed by atoms with Crippen molar-refractivity contribution in [2.45, 2.75) is 25.7 Å². The Hall–Kier alpha value is -4.61. The van der Waals surface area contributed by atoms with Gasteiger partial charge in [-0.2, -0.15) is 5.10 Å². The lowest BCUT2D eigenvalue weighted by Crippen LogP contribution is -2.26. The van der Waals surface area contributed by atoms with E-state index in [1.165, 1.54) is 18.2 Å². The minimum atomic E-state index is -4.84. The Bertz CT molecular complexity index is 1840. The fourth-order valence-corrected chi connectivity index (χ4v) is 5.16. The van der Waals surface area contributed by atoms with Gasteiger partial charge in [0, 0.05) is 44.9 Å². The van der Waals surface area contributed by atoms with E-state index in [-0.39, 0.29) is 24.8 Å². The standard InChI is InChI=1S/C31H23Cl2F3N4O4/c1-17(18-2-4-19(5-3-18)30(43)37-9-8-29(41)42)40-28(15-27(39-40)21-11-23(32)14-24(33)12-21)22-10-20-13-25(44-31(34,35)36)6-7-26(20)38-16-22/h2-7,10-17H,8-9H2,1H3,(H,37,43)(H,41,42). The second kappa shape index (κ2) is 12.6. The van der Waals surface area contributed by atoms with E-state index in [1.54, 1.807) is 59.4 Å². The molecule has 0 saturated heterocycles. The van der Waals surface area contributed by atoms with Crippen LogP contribution in [0.4, 0.5) is 13.2 Å². The molecular weight excluding hydrogens is 620 g/mol. The van der Waals surface area contributed by atoms with Crippen LogP contribution in [0.5, 0.6) is 5.75 Å². The molecule has 0 fully saturated rings. The zero-order valence-corrected chi connectivity index (χ0v) is 24.4. The Morgan fingerprint density at radius 2 is 1.68 bits per heavy atom. The molecule has 1 amide bonds. The SMILES string of the molecule is CC(c1ccc(C(=O)NCCC(=O)O)cc1)n1nc(-c2cc(Cl)cc(Cl)c2)cc1-c1cnc2ccc(OC(F)(F)F)cc2c1. The highest BCUT2D eigenvalue weighted by Gasteiger charge is 2.31. The lowest BCUT2D eigenvalue weighted by molar-refractivity contribution is -0.274. The van der Waals surface area contributed by atoms with Gasteiger partial charge in [-0.1, -0.05) is 35.3 Å². The van der Waals surface area contributed by atoms with Crippen LogP contribution in [0.15, 0.2) is 79.0 Å². The van der Waals surface area contributed by atoms with E-state index in [1.807, 2.05) is 13.0 Å². The summed E-state index contributed by atoms with van der Waals surface area (Å²) in [5, 5.41) is 17.5. The number of carboxylic acids is 1. The molecule has 0 spiro atoms. The monoisotopic (exact) mass is 642 g/mol. The first-order chi connectivity index (χ1) is 20.9. The lowest BCUT2D eigenvalue weighted by Gasteiger charge is -2.17. The van der Waals surface area contributed by atoms with Gasteiger partial charge in [0.15, 0.2) is 0 Å². The minimum Gasteiger partial charge on any atom is -0.481 e. The molecule has 44 heavy (non-hydrogen) atoms. The summed E-state index contributed by atoms with van der Waals surface area (Å²) < 4.78 is 44.4. The Kier molecular flexibility index (Phi) is 8.80. The van der Waals surface area contributed by atoms with Crippen LogP contribution in [0.1, 0.15) is 35.3 Å². The molecular formula is C31H23Cl2F3N4O4. The molecule has 13 heteroatoms. The van der Waals surface area contributed by atoms with Gasteiger partial charge in [-0.3, -0.25) is 19.3 Å². The Morgan fingerprint density at radius 3 is 2.34 bits per heavy atom. The highest BCUT2D eigenvalue weighted by Crippen LogP contribution is 2.35. The summed E-state index contributed by atoms with van der Waals surface area (Å²) in [6, 6.07) is 18.8. The van der Waals surface area contributed by atoms with Crippen molar-refractivity contribution in [3.05, 3.63) is 100 Å². The van der Waals surface area contributed by atoms with Crippen molar-refractivity contribution in [3.63, 3.8) is 0 Å². The van der Waals surface area contributed by atoms with E-state index >= 15 is 0 Å². The first-order valence-electron chi connectivity index (χ1n) is 13.2. The van der Waals surface area contributed by atoms with Gasteiger partial charge in [0.05, 0.1) is 29.4 Å². The second-order valence-electron chi connectivity index (χ2n) is 9.84. The average molecular weight is 643 g/mol. The summed E-state index contributed by atoms with van der Waals surface area (Å²) in [6.07, 6.45) is -3.43. The predicted molar refractivity (Wildman–Crippen MR) is 160 cm³/mol. The summed E-state index contributed by atoms with van der Waals surface area (Å²) in [4.78, 5) is 27.6. The summed E-state index contributed by atoms with van der Waals surface area (Å²) in [7, 11) is 0. The molecule has 5 aromatic rings. The number of hydrogen-bond donors (Lipinski definition) is 2. The molecule has 1 atom stereocenters. The minimum absolute atomic E-state index is 0.00286. The van der Waals surface area contributed by atoms with Crippen molar-refractivity contribution in [3.8, 4) is 28.3 Å². The van der Waals surface area contributed by atoms with Crippen molar-refractivity contribution in [2.24, 2.45) is 0 Å². The fourth-order valence-electron chi connectivity index (χ4n) is 4.63. The molecule has 0 radical (unpaired) electrons. The first-order valence-corrected chi connectivity index (χ1v) is 13.9. The molecule has 8 nitrogen and oxygen atoms in total. The molecule has 3 aromatic carbocycles. The van der Waals surface area contributed by atoms with Gasteiger partial charge in [0.2, 0.25) is 0 Å². The number of nitrogens with one attached hydrogen (secondary N) is 1.